The Labute approximate surface area is 172 Å². The van der Waals surface area contributed by atoms with Gasteiger partial charge in [0.15, 0.2) is 5.96 Å². The number of guanidine groups is 1. The van der Waals surface area contributed by atoms with E-state index in [1.807, 2.05) is 14.0 Å². The van der Waals surface area contributed by atoms with Crippen LogP contribution in [0, 0.1) is 12.8 Å². The molecule has 0 fully saturated rings. The van der Waals surface area contributed by atoms with Gasteiger partial charge in [-0.3, -0.25) is 4.99 Å². The normalized spacial score (nSPS) is 12.6. The fraction of sp³-hybridized carbons (Fsp3) is 0.474. The Hall–Kier alpha value is -1.15. The van der Waals surface area contributed by atoms with Gasteiger partial charge in [-0.25, -0.2) is 4.98 Å². The summed E-state index contributed by atoms with van der Waals surface area (Å²) in [6.07, 6.45) is 0.914. The van der Waals surface area contributed by atoms with Crippen LogP contribution in [-0.4, -0.2) is 31.1 Å². The second-order valence-electron chi connectivity index (χ2n) is 6.25. The molecule has 4 nitrogen and oxygen atoms in total. The summed E-state index contributed by atoms with van der Waals surface area (Å²) in [6, 6.07) is 10.7. The van der Waals surface area contributed by atoms with E-state index in [1.165, 1.54) is 5.56 Å². The summed E-state index contributed by atoms with van der Waals surface area (Å²) in [4.78, 5) is 8.81. The van der Waals surface area contributed by atoms with Gasteiger partial charge < -0.3 is 10.6 Å². The van der Waals surface area contributed by atoms with E-state index in [4.69, 9.17) is 0 Å². The topological polar surface area (TPSA) is 49.3 Å². The van der Waals surface area contributed by atoms with Crippen LogP contribution in [0.2, 0.25) is 0 Å². The largest absolute Gasteiger partial charge is 0.356 e. The number of hydrogen-bond donors (Lipinski definition) is 2. The molecule has 2 aromatic rings. The van der Waals surface area contributed by atoms with Gasteiger partial charge in [0.1, 0.15) is 0 Å². The van der Waals surface area contributed by atoms with Crippen molar-refractivity contribution in [2.75, 3.05) is 20.1 Å². The molecule has 0 radical (unpaired) electrons. The zero-order valence-corrected chi connectivity index (χ0v) is 18.6. The molecule has 0 bridgehead atoms. The summed E-state index contributed by atoms with van der Waals surface area (Å²) in [7, 11) is 1.81. The lowest BCUT2D eigenvalue weighted by molar-refractivity contribution is 0.488. The van der Waals surface area contributed by atoms with Crippen molar-refractivity contribution in [2.45, 2.75) is 33.1 Å². The molecule has 138 valence electrons. The summed E-state index contributed by atoms with van der Waals surface area (Å²) >= 11 is 1.70. The number of aliphatic imine (C=N–C) groups is 1. The van der Waals surface area contributed by atoms with Gasteiger partial charge in [-0.05, 0) is 18.4 Å². The van der Waals surface area contributed by atoms with Crippen LogP contribution in [0.4, 0.5) is 0 Å². The monoisotopic (exact) mass is 472 g/mol. The Morgan fingerprint density at radius 2 is 1.92 bits per heavy atom. The molecule has 1 aromatic carbocycles. The van der Waals surface area contributed by atoms with E-state index in [0.717, 1.165) is 36.2 Å². The number of halogens is 1. The van der Waals surface area contributed by atoms with Crippen molar-refractivity contribution in [1.29, 1.82) is 0 Å². The average molecular weight is 472 g/mol. The SMILES string of the molecule is CN=C(NCCc1csc(C)n1)NCC(c1ccccc1)C(C)C.I. The highest BCUT2D eigenvalue weighted by Gasteiger charge is 2.15. The first-order valence-electron chi connectivity index (χ1n) is 8.50. The highest BCUT2D eigenvalue weighted by molar-refractivity contribution is 14.0. The fourth-order valence-electron chi connectivity index (χ4n) is 2.70. The van der Waals surface area contributed by atoms with Crippen LogP contribution in [0.5, 0.6) is 0 Å². The molecule has 0 aliphatic heterocycles. The highest BCUT2D eigenvalue weighted by Crippen LogP contribution is 2.23. The summed E-state index contributed by atoms with van der Waals surface area (Å²) in [6.45, 7) is 8.27. The number of benzene rings is 1. The fourth-order valence-corrected chi connectivity index (χ4v) is 3.35. The standard InChI is InChI=1S/C19H28N4S.HI/c1-14(2)18(16-8-6-5-7-9-16)12-22-19(20-4)21-11-10-17-13-24-15(3)23-17;/h5-9,13-14,18H,10-12H2,1-4H3,(H2,20,21,22);1H. The van der Waals surface area contributed by atoms with Crippen molar-refractivity contribution >= 4 is 41.3 Å². The van der Waals surface area contributed by atoms with Crippen LogP contribution in [0.25, 0.3) is 0 Å². The Bertz CT molecular complexity index is 640. The molecule has 1 heterocycles. The van der Waals surface area contributed by atoms with Crippen LogP contribution in [-0.2, 0) is 6.42 Å². The summed E-state index contributed by atoms with van der Waals surface area (Å²) in [5.74, 6) is 1.88. The molecule has 0 saturated heterocycles. The summed E-state index contributed by atoms with van der Waals surface area (Å²) in [5.41, 5.74) is 2.51. The lowest BCUT2D eigenvalue weighted by Gasteiger charge is -2.23. The number of thiazole rings is 1. The number of rotatable bonds is 7. The molecule has 2 rings (SSSR count). The highest BCUT2D eigenvalue weighted by atomic mass is 127. The lowest BCUT2D eigenvalue weighted by Crippen LogP contribution is -2.40. The second-order valence-corrected chi connectivity index (χ2v) is 7.31. The Morgan fingerprint density at radius 1 is 1.20 bits per heavy atom. The molecule has 0 aliphatic rings. The lowest BCUT2D eigenvalue weighted by atomic mass is 9.88. The minimum atomic E-state index is 0. The van der Waals surface area contributed by atoms with Gasteiger partial charge in [0.05, 0.1) is 10.7 Å². The van der Waals surface area contributed by atoms with Gasteiger partial charge in [0, 0.05) is 37.9 Å². The van der Waals surface area contributed by atoms with Gasteiger partial charge in [0.25, 0.3) is 0 Å². The molecular weight excluding hydrogens is 443 g/mol. The molecule has 0 aliphatic carbocycles. The third-order valence-electron chi connectivity index (χ3n) is 4.09. The van der Waals surface area contributed by atoms with Crippen molar-refractivity contribution in [3.05, 3.63) is 52.0 Å². The summed E-state index contributed by atoms with van der Waals surface area (Å²) < 4.78 is 0. The number of nitrogens with one attached hydrogen (secondary N) is 2. The van der Waals surface area contributed by atoms with Crippen molar-refractivity contribution in [2.24, 2.45) is 10.9 Å². The first-order chi connectivity index (χ1) is 11.6. The van der Waals surface area contributed by atoms with E-state index < -0.39 is 0 Å². The number of aryl methyl sites for hydroxylation is 1. The van der Waals surface area contributed by atoms with Crippen molar-refractivity contribution in [3.63, 3.8) is 0 Å². The van der Waals surface area contributed by atoms with Gasteiger partial charge >= 0.3 is 0 Å². The smallest absolute Gasteiger partial charge is 0.191 e. The van der Waals surface area contributed by atoms with Crippen LogP contribution in [0.15, 0.2) is 40.7 Å². The van der Waals surface area contributed by atoms with Crippen molar-refractivity contribution < 1.29 is 0 Å². The summed E-state index contributed by atoms with van der Waals surface area (Å²) in [5, 5.41) is 10.1. The Morgan fingerprint density at radius 3 is 2.48 bits per heavy atom. The van der Waals surface area contributed by atoms with Gasteiger partial charge in [-0.15, -0.1) is 35.3 Å². The molecule has 0 amide bonds. The van der Waals surface area contributed by atoms with Gasteiger partial charge in [0.2, 0.25) is 0 Å². The molecule has 1 aromatic heterocycles. The molecule has 0 saturated carbocycles. The molecule has 0 spiro atoms. The zero-order valence-electron chi connectivity index (χ0n) is 15.5. The molecule has 2 N–H and O–H groups in total. The van der Waals surface area contributed by atoms with E-state index in [1.54, 1.807) is 11.3 Å². The number of hydrogen-bond acceptors (Lipinski definition) is 3. The maximum atomic E-state index is 4.49. The minimum Gasteiger partial charge on any atom is -0.356 e. The van der Waals surface area contributed by atoms with Crippen LogP contribution in [0.3, 0.4) is 0 Å². The minimum absolute atomic E-state index is 0. The van der Waals surface area contributed by atoms with Crippen molar-refractivity contribution in [1.82, 2.24) is 15.6 Å². The van der Waals surface area contributed by atoms with Crippen LogP contribution < -0.4 is 10.6 Å². The van der Waals surface area contributed by atoms with E-state index >= 15 is 0 Å². The number of aromatic nitrogens is 1. The quantitative estimate of drug-likeness (QED) is 0.361. The van der Waals surface area contributed by atoms with Gasteiger partial charge in [-0.2, -0.15) is 0 Å². The number of nitrogens with zero attached hydrogens (tertiary/aromatic N) is 2. The van der Waals surface area contributed by atoms with Crippen molar-refractivity contribution in [3.8, 4) is 0 Å². The maximum Gasteiger partial charge on any atom is 0.191 e. The third kappa shape index (κ3) is 7.32. The van der Waals surface area contributed by atoms with E-state index in [0.29, 0.717) is 11.8 Å². The zero-order chi connectivity index (χ0) is 17.4. The first kappa shape index (κ1) is 21.9. The third-order valence-corrected chi connectivity index (χ3v) is 4.91. The van der Waals surface area contributed by atoms with Crippen LogP contribution >= 0.6 is 35.3 Å². The van der Waals surface area contributed by atoms with E-state index in [9.17, 15) is 0 Å². The maximum absolute atomic E-state index is 4.49. The molecule has 25 heavy (non-hydrogen) atoms. The molecular formula is C19H29IN4S. The average Bonchev–Trinajstić information content (AvgIpc) is 2.99. The van der Waals surface area contributed by atoms with E-state index in [-0.39, 0.29) is 24.0 Å². The first-order valence-corrected chi connectivity index (χ1v) is 9.38. The molecule has 1 atom stereocenters. The predicted molar refractivity (Wildman–Crippen MR) is 119 cm³/mol. The van der Waals surface area contributed by atoms with Gasteiger partial charge in [-0.1, -0.05) is 44.2 Å². The molecule has 1 unspecified atom stereocenters. The predicted octanol–water partition coefficient (Wildman–Crippen LogP) is 4.22. The Balaban J connectivity index is 0.00000312. The van der Waals surface area contributed by atoms with E-state index in [2.05, 4.69) is 70.2 Å². The Kier molecular flexibility index (Phi) is 10.0. The van der Waals surface area contributed by atoms with Crippen LogP contribution in [0.1, 0.15) is 36.0 Å². The molecule has 6 heteroatoms. The second kappa shape index (κ2) is 11.5.